The van der Waals surface area contributed by atoms with E-state index in [1.165, 1.54) is 0 Å². The van der Waals surface area contributed by atoms with Gasteiger partial charge in [-0.3, -0.25) is 0 Å². The SMILES string of the molecule is CC1(O)CCCN(S(=O)(=O)c2cc(F)ccc2F)CC1. The molecule has 0 amide bonds. The quantitative estimate of drug-likeness (QED) is 0.908. The van der Waals surface area contributed by atoms with Crippen LogP contribution in [-0.4, -0.2) is 36.5 Å². The van der Waals surface area contributed by atoms with Crippen LogP contribution in [0.2, 0.25) is 0 Å². The number of aliphatic hydroxyl groups is 1. The van der Waals surface area contributed by atoms with Gasteiger partial charge in [0.2, 0.25) is 10.0 Å². The van der Waals surface area contributed by atoms with Crippen LogP contribution in [0.5, 0.6) is 0 Å². The number of halogens is 2. The summed E-state index contributed by atoms with van der Waals surface area (Å²) in [6, 6.07) is 2.37. The monoisotopic (exact) mass is 305 g/mol. The van der Waals surface area contributed by atoms with Gasteiger partial charge in [-0.25, -0.2) is 17.2 Å². The molecule has 1 heterocycles. The Kier molecular flexibility index (Phi) is 4.13. The average molecular weight is 305 g/mol. The summed E-state index contributed by atoms with van der Waals surface area (Å²) in [5.74, 6) is -1.77. The normalized spacial score (nSPS) is 25.4. The average Bonchev–Trinajstić information content (AvgIpc) is 2.53. The molecule has 20 heavy (non-hydrogen) atoms. The fraction of sp³-hybridized carbons (Fsp3) is 0.538. The zero-order valence-electron chi connectivity index (χ0n) is 11.1. The Bertz CT molecular complexity index is 602. The zero-order valence-corrected chi connectivity index (χ0v) is 12.0. The van der Waals surface area contributed by atoms with Crippen LogP contribution in [0, 0.1) is 11.6 Å². The van der Waals surface area contributed by atoms with E-state index in [4.69, 9.17) is 0 Å². The molecule has 1 aliphatic heterocycles. The highest BCUT2D eigenvalue weighted by atomic mass is 32.2. The summed E-state index contributed by atoms with van der Waals surface area (Å²) in [7, 11) is -4.08. The summed E-state index contributed by atoms with van der Waals surface area (Å²) in [6.45, 7) is 1.92. The van der Waals surface area contributed by atoms with E-state index in [9.17, 15) is 22.3 Å². The molecular weight excluding hydrogens is 288 g/mol. The van der Waals surface area contributed by atoms with E-state index in [1.807, 2.05) is 0 Å². The molecule has 0 radical (unpaired) electrons. The van der Waals surface area contributed by atoms with E-state index in [0.717, 1.165) is 16.4 Å². The van der Waals surface area contributed by atoms with Crippen LogP contribution in [0.15, 0.2) is 23.1 Å². The number of nitrogens with zero attached hydrogens (tertiary/aromatic N) is 1. The van der Waals surface area contributed by atoms with Crippen LogP contribution in [0.1, 0.15) is 26.2 Å². The van der Waals surface area contributed by atoms with Crippen molar-refractivity contribution in [2.24, 2.45) is 0 Å². The molecule has 2 rings (SSSR count). The maximum atomic E-state index is 13.7. The van der Waals surface area contributed by atoms with Gasteiger partial charge in [0.15, 0.2) is 0 Å². The van der Waals surface area contributed by atoms with Gasteiger partial charge < -0.3 is 5.11 Å². The summed E-state index contributed by atoms with van der Waals surface area (Å²) < 4.78 is 52.6. The molecule has 0 spiro atoms. The Hall–Kier alpha value is -1.05. The van der Waals surface area contributed by atoms with E-state index in [-0.39, 0.29) is 19.5 Å². The molecule has 1 unspecified atom stereocenters. The van der Waals surface area contributed by atoms with Crippen LogP contribution >= 0.6 is 0 Å². The van der Waals surface area contributed by atoms with Crippen molar-refractivity contribution in [1.29, 1.82) is 0 Å². The smallest absolute Gasteiger partial charge is 0.246 e. The minimum absolute atomic E-state index is 0.0886. The van der Waals surface area contributed by atoms with Crippen molar-refractivity contribution in [3.05, 3.63) is 29.8 Å². The molecular formula is C13H17F2NO3S. The summed E-state index contributed by atoms with van der Waals surface area (Å²) in [4.78, 5) is -0.654. The highest BCUT2D eigenvalue weighted by Gasteiger charge is 2.33. The van der Waals surface area contributed by atoms with E-state index in [1.54, 1.807) is 6.92 Å². The molecule has 0 aliphatic carbocycles. The second-order valence-corrected chi connectivity index (χ2v) is 7.24. The zero-order chi connectivity index (χ0) is 15.0. The maximum Gasteiger partial charge on any atom is 0.246 e. The third kappa shape index (κ3) is 3.16. The molecule has 1 fully saturated rings. The van der Waals surface area contributed by atoms with Crippen LogP contribution < -0.4 is 0 Å². The first-order valence-electron chi connectivity index (χ1n) is 6.40. The molecule has 0 saturated carbocycles. The largest absolute Gasteiger partial charge is 0.390 e. The molecule has 1 aromatic carbocycles. The van der Waals surface area contributed by atoms with Crippen molar-refractivity contribution >= 4 is 10.0 Å². The Morgan fingerprint density at radius 1 is 1.25 bits per heavy atom. The molecule has 0 aromatic heterocycles. The first-order valence-corrected chi connectivity index (χ1v) is 7.84. The fourth-order valence-corrected chi connectivity index (χ4v) is 3.85. The number of hydrogen-bond acceptors (Lipinski definition) is 3. The first kappa shape index (κ1) is 15.3. The predicted octanol–water partition coefficient (Wildman–Crippen LogP) is 1.89. The molecule has 112 valence electrons. The maximum absolute atomic E-state index is 13.7. The molecule has 4 nitrogen and oxygen atoms in total. The molecule has 1 N–H and O–H groups in total. The highest BCUT2D eigenvalue weighted by molar-refractivity contribution is 7.89. The van der Waals surface area contributed by atoms with E-state index < -0.39 is 32.2 Å². The molecule has 1 saturated heterocycles. The van der Waals surface area contributed by atoms with Crippen molar-refractivity contribution in [2.45, 2.75) is 36.7 Å². The molecule has 1 aliphatic rings. The van der Waals surface area contributed by atoms with Gasteiger partial charge in [-0.15, -0.1) is 0 Å². The van der Waals surface area contributed by atoms with Crippen molar-refractivity contribution in [3.8, 4) is 0 Å². The van der Waals surface area contributed by atoms with Gasteiger partial charge in [-0.2, -0.15) is 4.31 Å². The number of rotatable bonds is 2. The van der Waals surface area contributed by atoms with E-state index in [0.29, 0.717) is 18.9 Å². The van der Waals surface area contributed by atoms with E-state index >= 15 is 0 Å². The Labute approximate surface area is 117 Å². The Morgan fingerprint density at radius 3 is 2.65 bits per heavy atom. The van der Waals surface area contributed by atoms with Gasteiger partial charge in [0.25, 0.3) is 0 Å². The third-order valence-corrected chi connectivity index (χ3v) is 5.45. The number of sulfonamides is 1. The molecule has 1 aromatic rings. The molecule has 7 heteroatoms. The minimum Gasteiger partial charge on any atom is -0.390 e. The lowest BCUT2D eigenvalue weighted by molar-refractivity contribution is 0.0465. The minimum atomic E-state index is -4.08. The lowest BCUT2D eigenvalue weighted by atomic mass is 9.98. The van der Waals surface area contributed by atoms with Gasteiger partial charge in [0.05, 0.1) is 5.60 Å². The lowest BCUT2D eigenvalue weighted by Crippen LogP contribution is -2.34. The van der Waals surface area contributed by atoms with Gasteiger partial charge in [0, 0.05) is 13.1 Å². The topological polar surface area (TPSA) is 57.6 Å². The van der Waals surface area contributed by atoms with Gasteiger partial charge >= 0.3 is 0 Å². The van der Waals surface area contributed by atoms with Crippen molar-refractivity contribution < 1.29 is 22.3 Å². The van der Waals surface area contributed by atoms with Crippen molar-refractivity contribution in [1.82, 2.24) is 4.31 Å². The Morgan fingerprint density at radius 2 is 1.95 bits per heavy atom. The van der Waals surface area contributed by atoms with Crippen LogP contribution in [0.4, 0.5) is 8.78 Å². The van der Waals surface area contributed by atoms with Crippen molar-refractivity contribution in [3.63, 3.8) is 0 Å². The summed E-state index contributed by atoms with van der Waals surface area (Å²) in [5.41, 5.74) is -0.926. The van der Waals surface area contributed by atoms with E-state index in [2.05, 4.69) is 0 Å². The third-order valence-electron chi connectivity index (χ3n) is 3.53. The highest BCUT2D eigenvalue weighted by Crippen LogP contribution is 2.27. The number of benzene rings is 1. The molecule has 0 bridgehead atoms. The van der Waals surface area contributed by atoms with Gasteiger partial charge in [0.1, 0.15) is 16.5 Å². The molecule has 1 atom stereocenters. The Balaban J connectivity index is 2.33. The van der Waals surface area contributed by atoms with Crippen LogP contribution in [-0.2, 0) is 10.0 Å². The second kappa shape index (κ2) is 5.38. The predicted molar refractivity (Wildman–Crippen MR) is 69.6 cm³/mol. The van der Waals surface area contributed by atoms with Crippen LogP contribution in [0.3, 0.4) is 0 Å². The van der Waals surface area contributed by atoms with Crippen molar-refractivity contribution in [2.75, 3.05) is 13.1 Å². The number of hydrogen-bond donors (Lipinski definition) is 1. The fourth-order valence-electron chi connectivity index (χ4n) is 2.29. The summed E-state index contributed by atoms with van der Waals surface area (Å²) in [5, 5.41) is 9.95. The van der Waals surface area contributed by atoms with Gasteiger partial charge in [-0.05, 0) is 44.4 Å². The lowest BCUT2D eigenvalue weighted by Gasteiger charge is -2.22. The van der Waals surface area contributed by atoms with Crippen LogP contribution in [0.25, 0.3) is 0 Å². The second-order valence-electron chi connectivity index (χ2n) is 5.33. The summed E-state index contributed by atoms with van der Waals surface area (Å²) in [6.07, 6.45) is 1.22. The first-order chi connectivity index (χ1) is 9.22. The van der Waals surface area contributed by atoms with Gasteiger partial charge in [-0.1, -0.05) is 0 Å². The summed E-state index contributed by atoms with van der Waals surface area (Å²) >= 11 is 0. The standard InChI is InChI=1S/C13H17F2NO3S/c1-13(17)5-2-7-16(8-6-13)20(18,19)12-9-10(14)3-4-11(12)15/h3-4,9,17H,2,5-8H2,1H3.